The molecule has 0 unspecified atom stereocenters. The maximum Gasteiger partial charge on any atom is 0.303 e. The van der Waals surface area contributed by atoms with Crippen LogP contribution >= 0.6 is 0 Å². The lowest BCUT2D eigenvalue weighted by Gasteiger charge is -2.05. The SMILES string of the molecule is N#CCOc1ccc(CNCCCC(=O)O)cc1. The molecule has 5 heteroatoms. The molecule has 0 heterocycles. The van der Waals surface area contributed by atoms with Gasteiger partial charge in [-0.25, -0.2) is 0 Å². The van der Waals surface area contributed by atoms with Gasteiger partial charge >= 0.3 is 5.97 Å². The minimum absolute atomic E-state index is 0.0484. The minimum Gasteiger partial charge on any atom is -0.481 e. The van der Waals surface area contributed by atoms with Crippen LogP contribution in [0.4, 0.5) is 0 Å². The van der Waals surface area contributed by atoms with Crippen LogP contribution in [0.3, 0.4) is 0 Å². The van der Waals surface area contributed by atoms with Crippen LogP contribution in [0.1, 0.15) is 18.4 Å². The van der Waals surface area contributed by atoms with E-state index < -0.39 is 5.97 Å². The van der Waals surface area contributed by atoms with E-state index in [1.54, 1.807) is 0 Å². The molecule has 1 aromatic carbocycles. The molecular weight excluding hydrogens is 232 g/mol. The molecular formula is C13H16N2O3. The van der Waals surface area contributed by atoms with Crippen molar-refractivity contribution in [3.05, 3.63) is 29.8 Å². The third kappa shape index (κ3) is 5.87. The topological polar surface area (TPSA) is 82.3 Å². The Bertz CT molecular complexity index is 409. The van der Waals surface area contributed by atoms with E-state index in [9.17, 15) is 4.79 Å². The van der Waals surface area contributed by atoms with Crippen LogP contribution in [0.2, 0.25) is 0 Å². The average Bonchev–Trinajstić information content (AvgIpc) is 2.37. The normalized spacial score (nSPS) is 9.72. The summed E-state index contributed by atoms with van der Waals surface area (Å²) in [5, 5.41) is 20.0. The molecule has 0 saturated heterocycles. The van der Waals surface area contributed by atoms with Gasteiger partial charge in [0.2, 0.25) is 0 Å². The highest BCUT2D eigenvalue weighted by Gasteiger charge is 1.97. The molecule has 0 radical (unpaired) electrons. The molecule has 0 atom stereocenters. The van der Waals surface area contributed by atoms with Crippen molar-refractivity contribution in [1.82, 2.24) is 5.32 Å². The van der Waals surface area contributed by atoms with Crippen molar-refractivity contribution in [1.29, 1.82) is 5.26 Å². The first-order valence-corrected chi connectivity index (χ1v) is 5.73. The monoisotopic (exact) mass is 248 g/mol. The molecule has 1 rings (SSSR count). The van der Waals surface area contributed by atoms with Gasteiger partial charge in [0, 0.05) is 13.0 Å². The van der Waals surface area contributed by atoms with Gasteiger partial charge < -0.3 is 15.2 Å². The second kappa shape index (κ2) is 8.09. The molecule has 5 nitrogen and oxygen atoms in total. The Labute approximate surface area is 106 Å². The number of nitriles is 1. The van der Waals surface area contributed by atoms with Crippen LogP contribution in [0.5, 0.6) is 5.75 Å². The smallest absolute Gasteiger partial charge is 0.303 e. The van der Waals surface area contributed by atoms with Crippen LogP contribution in [-0.4, -0.2) is 24.2 Å². The number of carbonyl (C=O) groups is 1. The van der Waals surface area contributed by atoms with Gasteiger partial charge in [-0.05, 0) is 30.7 Å². The van der Waals surface area contributed by atoms with E-state index >= 15 is 0 Å². The van der Waals surface area contributed by atoms with Crippen molar-refractivity contribution in [2.45, 2.75) is 19.4 Å². The lowest BCUT2D eigenvalue weighted by molar-refractivity contribution is -0.137. The van der Waals surface area contributed by atoms with Crippen molar-refractivity contribution in [3.63, 3.8) is 0 Å². The first-order valence-electron chi connectivity index (χ1n) is 5.73. The van der Waals surface area contributed by atoms with Crippen molar-refractivity contribution < 1.29 is 14.6 Å². The molecule has 0 aliphatic heterocycles. The summed E-state index contributed by atoms with van der Waals surface area (Å²) in [7, 11) is 0. The number of rotatable bonds is 8. The summed E-state index contributed by atoms with van der Waals surface area (Å²) in [6, 6.07) is 9.36. The third-order valence-corrected chi connectivity index (χ3v) is 2.30. The number of aliphatic carboxylic acids is 1. The fourth-order valence-electron chi connectivity index (χ4n) is 1.42. The van der Waals surface area contributed by atoms with Gasteiger partial charge in [-0.3, -0.25) is 4.79 Å². The zero-order valence-electron chi connectivity index (χ0n) is 10.1. The fourth-order valence-corrected chi connectivity index (χ4v) is 1.42. The quantitative estimate of drug-likeness (QED) is 0.682. The Morgan fingerprint density at radius 3 is 2.72 bits per heavy atom. The number of carboxylic acid groups (broad SMARTS) is 1. The van der Waals surface area contributed by atoms with E-state index in [1.807, 2.05) is 30.3 Å². The molecule has 0 bridgehead atoms. The summed E-state index contributed by atoms with van der Waals surface area (Å²) in [4.78, 5) is 10.3. The van der Waals surface area contributed by atoms with Crippen LogP contribution < -0.4 is 10.1 Å². The number of hydrogen-bond acceptors (Lipinski definition) is 4. The zero-order chi connectivity index (χ0) is 13.2. The first-order chi connectivity index (χ1) is 8.72. The average molecular weight is 248 g/mol. The van der Waals surface area contributed by atoms with Crippen molar-refractivity contribution in [2.75, 3.05) is 13.2 Å². The molecule has 0 fully saturated rings. The summed E-state index contributed by atoms with van der Waals surface area (Å²) in [5.74, 6) is -0.0954. The van der Waals surface area contributed by atoms with Crippen LogP contribution in [0.15, 0.2) is 24.3 Å². The molecule has 0 spiro atoms. The largest absolute Gasteiger partial charge is 0.481 e. The molecule has 0 amide bonds. The number of nitrogens with zero attached hydrogens (tertiary/aromatic N) is 1. The second-order valence-electron chi connectivity index (χ2n) is 3.76. The lowest BCUT2D eigenvalue weighted by atomic mass is 10.2. The van der Waals surface area contributed by atoms with E-state index in [0.717, 1.165) is 5.56 Å². The summed E-state index contributed by atoms with van der Waals surface area (Å²) >= 11 is 0. The predicted octanol–water partition coefficient (Wildman–Crippen LogP) is 1.54. The highest BCUT2D eigenvalue weighted by Crippen LogP contribution is 2.11. The fraction of sp³-hybridized carbons (Fsp3) is 0.385. The standard InChI is InChI=1S/C13H16N2O3/c14-7-9-18-12-5-3-11(4-6-12)10-15-8-1-2-13(16)17/h3-6,15H,1-2,8-10H2,(H,16,17). The van der Waals surface area contributed by atoms with Crippen molar-refractivity contribution >= 4 is 5.97 Å². The van der Waals surface area contributed by atoms with Crippen molar-refractivity contribution in [3.8, 4) is 11.8 Å². The van der Waals surface area contributed by atoms with E-state index in [0.29, 0.717) is 25.3 Å². The molecule has 2 N–H and O–H groups in total. The number of hydrogen-bond donors (Lipinski definition) is 2. The van der Waals surface area contributed by atoms with Gasteiger partial charge in [0.25, 0.3) is 0 Å². The van der Waals surface area contributed by atoms with Gasteiger partial charge in [-0.15, -0.1) is 0 Å². The highest BCUT2D eigenvalue weighted by molar-refractivity contribution is 5.66. The summed E-state index contributed by atoms with van der Waals surface area (Å²) in [6.45, 7) is 1.42. The van der Waals surface area contributed by atoms with E-state index in [1.165, 1.54) is 0 Å². The van der Waals surface area contributed by atoms with Crippen LogP contribution in [0.25, 0.3) is 0 Å². The van der Waals surface area contributed by atoms with Gasteiger partial charge in [-0.1, -0.05) is 12.1 Å². The Kier molecular flexibility index (Phi) is 6.30. The lowest BCUT2D eigenvalue weighted by Crippen LogP contribution is -2.15. The summed E-state index contributed by atoms with van der Waals surface area (Å²) < 4.78 is 5.13. The van der Waals surface area contributed by atoms with E-state index in [2.05, 4.69) is 5.32 Å². The minimum atomic E-state index is -0.768. The maximum atomic E-state index is 10.3. The zero-order valence-corrected chi connectivity index (χ0v) is 10.1. The molecule has 1 aromatic rings. The molecule has 0 aromatic heterocycles. The number of benzene rings is 1. The van der Waals surface area contributed by atoms with E-state index in [-0.39, 0.29) is 13.0 Å². The van der Waals surface area contributed by atoms with Gasteiger partial charge in [-0.2, -0.15) is 5.26 Å². The Hall–Kier alpha value is -2.06. The number of carboxylic acids is 1. The summed E-state index contributed by atoms with van der Waals surface area (Å²) in [6.07, 6.45) is 0.812. The Morgan fingerprint density at radius 1 is 1.39 bits per heavy atom. The summed E-state index contributed by atoms with van der Waals surface area (Å²) in [5.41, 5.74) is 1.09. The maximum absolute atomic E-state index is 10.3. The van der Waals surface area contributed by atoms with Gasteiger partial charge in [0.1, 0.15) is 11.8 Å². The molecule has 96 valence electrons. The Balaban J connectivity index is 2.22. The molecule has 18 heavy (non-hydrogen) atoms. The number of nitrogens with one attached hydrogen (secondary N) is 1. The van der Waals surface area contributed by atoms with E-state index in [4.69, 9.17) is 15.1 Å². The number of ether oxygens (including phenoxy) is 1. The molecule has 0 aliphatic rings. The van der Waals surface area contributed by atoms with Crippen LogP contribution in [-0.2, 0) is 11.3 Å². The van der Waals surface area contributed by atoms with Gasteiger partial charge in [0.15, 0.2) is 6.61 Å². The van der Waals surface area contributed by atoms with Crippen LogP contribution in [0, 0.1) is 11.3 Å². The first kappa shape index (κ1) is 14.0. The molecule has 0 aliphatic carbocycles. The third-order valence-electron chi connectivity index (χ3n) is 2.30. The van der Waals surface area contributed by atoms with Gasteiger partial charge in [0.05, 0.1) is 0 Å². The highest BCUT2D eigenvalue weighted by atomic mass is 16.5. The second-order valence-corrected chi connectivity index (χ2v) is 3.76. The Morgan fingerprint density at radius 2 is 2.11 bits per heavy atom. The van der Waals surface area contributed by atoms with Crippen molar-refractivity contribution in [2.24, 2.45) is 0 Å². The molecule has 0 saturated carbocycles. The predicted molar refractivity (Wildman–Crippen MR) is 66.1 cm³/mol.